The lowest BCUT2D eigenvalue weighted by Gasteiger charge is -2.10. The van der Waals surface area contributed by atoms with Crippen LogP contribution in [0.15, 0.2) is 36.4 Å². The fraction of sp³-hybridized carbons (Fsp3) is 0.312. The molecule has 1 fully saturated rings. The number of amides is 1. The van der Waals surface area contributed by atoms with Gasteiger partial charge in [0.2, 0.25) is 0 Å². The maximum atomic E-state index is 12.4. The molecule has 0 saturated heterocycles. The monoisotopic (exact) mass is 299 g/mol. The quantitative estimate of drug-likeness (QED) is 0.884. The van der Waals surface area contributed by atoms with Gasteiger partial charge in [0.05, 0.1) is 11.4 Å². The highest BCUT2D eigenvalue weighted by Crippen LogP contribution is 2.39. The topological polar surface area (TPSA) is 84.2 Å². The zero-order valence-electron chi connectivity index (χ0n) is 12.2. The van der Waals surface area contributed by atoms with Gasteiger partial charge >= 0.3 is 5.97 Å². The number of carbonyl (C=O) groups excluding carboxylic acids is 1. The van der Waals surface area contributed by atoms with Crippen molar-refractivity contribution >= 4 is 11.9 Å². The van der Waals surface area contributed by atoms with Crippen molar-refractivity contribution in [3.05, 3.63) is 47.8 Å². The van der Waals surface area contributed by atoms with Crippen molar-refractivity contribution in [3.63, 3.8) is 0 Å². The molecule has 1 aliphatic carbocycles. The van der Waals surface area contributed by atoms with Crippen LogP contribution in [0.3, 0.4) is 0 Å². The zero-order chi connectivity index (χ0) is 15.7. The van der Waals surface area contributed by atoms with Crippen LogP contribution in [-0.2, 0) is 4.79 Å². The van der Waals surface area contributed by atoms with Gasteiger partial charge in [-0.25, -0.2) is 4.68 Å². The number of carboxylic acids is 1. The number of carboxylic acid groups (broad SMARTS) is 1. The number of para-hydroxylation sites is 1. The number of rotatable bonds is 5. The Bertz CT molecular complexity index is 705. The number of aromatic nitrogens is 2. The molecule has 2 N–H and O–H groups in total. The van der Waals surface area contributed by atoms with Crippen LogP contribution < -0.4 is 5.32 Å². The lowest BCUT2D eigenvalue weighted by atomic mass is 10.2. The zero-order valence-corrected chi connectivity index (χ0v) is 12.2. The molecular weight excluding hydrogens is 282 g/mol. The Hall–Kier alpha value is -2.63. The predicted molar refractivity (Wildman–Crippen MR) is 80.1 cm³/mol. The summed E-state index contributed by atoms with van der Waals surface area (Å²) in [6.07, 6.45) is 2.16. The van der Waals surface area contributed by atoms with Crippen molar-refractivity contribution in [3.8, 4) is 5.69 Å². The summed E-state index contributed by atoms with van der Waals surface area (Å²) in [7, 11) is 0. The third kappa shape index (κ3) is 2.86. The third-order valence-corrected chi connectivity index (χ3v) is 3.68. The van der Waals surface area contributed by atoms with E-state index in [4.69, 9.17) is 5.11 Å². The fourth-order valence-corrected chi connectivity index (χ4v) is 2.24. The highest BCUT2D eigenvalue weighted by atomic mass is 16.4. The van der Waals surface area contributed by atoms with E-state index in [2.05, 4.69) is 10.4 Å². The van der Waals surface area contributed by atoms with Gasteiger partial charge in [-0.15, -0.1) is 0 Å². The summed E-state index contributed by atoms with van der Waals surface area (Å²) in [5.74, 6) is -1.09. The van der Waals surface area contributed by atoms with Crippen molar-refractivity contribution in [2.75, 3.05) is 0 Å². The standard InChI is InChI=1S/C16H17N3O3/c1-10(16(21)22)17-15(20)14-9-13(11-7-8-11)18-19(14)12-5-3-2-4-6-12/h2-6,9-11H,7-8H2,1H3,(H,17,20)(H,21,22)/t10-/m1/s1. The molecule has 2 aromatic rings. The van der Waals surface area contributed by atoms with E-state index in [1.807, 2.05) is 30.3 Å². The molecule has 1 aliphatic rings. The lowest BCUT2D eigenvalue weighted by Crippen LogP contribution is -2.39. The van der Waals surface area contributed by atoms with Crippen molar-refractivity contribution in [2.45, 2.75) is 31.7 Å². The minimum atomic E-state index is -1.07. The lowest BCUT2D eigenvalue weighted by molar-refractivity contribution is -0.138. The second-order valence-electron chi connectivity index (χ2n) is 5.51. The molecule has 22 heavy (non-hydrogen) atoms. The highest BCUT2D eigenvalue weighted by molar-refractivity contribution is 5.95. The molecule has 1 heterocycles. The van der Waals surface area contributed by atoms with E-state index in [0.717, 1.165) is 24.2 Å². The SMILES string of the molecule is C[C@@H](NC(=O)c1cc(C2CC2)nn1-c1ccccc1)C(=O)O. The van der Waals surface area contributed by atoms with E-state index in [1.165, 1.54) is 6.92 Å². The van der Waals surface area contributed by atoms with Gasteiger partial charge in [-0.05, 0) is 38.0 Å². The smallest absolute Gasteiger partial charge is 0.325 e. The predicted octanol–water partition coefficient (Wildman–Crippen LogP) is 1.95. The van der Waals surface area contributed by atoms with Gasteiger partial charge in [-0.2, -0.15) is 5.10 Å². The molecule has 0 unspecified atom stereocenters. The summed E-state index contributed by atoms with van der Waals surface area (Å²) in [6.45, 7) is 1.44. The van der Waals surface area contributed by atoms with Gasteiger partial charge in [0.1, 0.15) is 11.7 Å². The average molecular weight is 299 g/mol. The molecular formula is C16H17N3O3. The van der Waals surface area contributed by atoms with E-state index in [0.29, 0.717) is 11.6 Å². The first-order chi connectivity index (χ1) is 10.6. The van der Waals surface area contributed by atoms with Gasteiger partial charge in [0, 0.05) is 5.92 Å². The first-order valence-electron chi connectivity index (χ1n) is 7.25. The maximum absolute atomic E-state index is 12.4. The van der Waals surface area contributed by atoms with Crippen molar-refractivity contribution < 1.29 is 14.7 Å². The molecule has 1 aromatic carbocycles. The Morgan fingerprint density at radius 2 is 2.00 bits per heavy atom. The van der Waals surface area contributed by atoms with Crippen LogP contribution in [0.4, 0.5) is 0 Å². The molecule has 1 atom stereocenters. The minimum absolute atomic E-state index is 0.362. The van der Waals surface area contributed by atoms with Crippen molar-refractivity contribution in [1.82, 2.24) is 15.1 Å². The van der Waals surface area contributed by atoms with Crippen LogP contribution in [0.2, 0.25) is 0 Å². The average Bonchev–Trinajstić information content (AvgIpc) is 3.26. The fourth-order valence-electron chi connectivity index (χ4n) is 2.24. The maximum Gasteiger partial charge on any atom is 0.325 e. The molecule has 1 saturated carbocycles. The van der Waals surface area contributed by atoms with Crippen LogP contribution in [-0.4, -0.2) is 32.8 Å². The number of hydrogen-bond donors (Lipinski definition) is 2. The number of hydrogen-bond acceptors (Lipinski definition) is 3. The second kappa shape index (κ2) is 5.63. The Morgan fingerprint density at radius 3 is 2.59 bits per heavy atom. The largest absolute Gasteiger partial charge is 0.480 e. The Kier molecular flexibility index (Phi) is 3.66. The molecule has 0 radical (unpaired) electrons. The number of carbonyl (C=O) groups is 2. The van der Waals surface area contributed by atoms with Gasteiger partial charge in [0.15, 0.2) is 0 Å². The molecule has 0 spiro atoms. The number of benzene rings is 1. The van der Waals surface area contributed by atoms with Crippen LogP contribution in [0, 0.1) is 0 Å². The first kappa shape index (κ1) is 14.3. The van der Waals surface area contributed by atoms with E-state index < -0.39 is 17.9 Å². The third-order valence-electron chi connectivity index (χ3n) is 3.68. The van der Waals surface area contributed by atoms with Gasteiger partial charge in [0.25, 0.3) is 5.91 Å². The van der Waals surface area contributed by atoms with E-state index >= 15 is 0 Å². The Morgan fingerprint density at radius 1 is 1.32 bits per heavy atom. The van der Waals surface area contributed by atoms with Gasteiger partial charge in [-0.3, -0.25) is 9.59 Å². The van der Waals surface area contributed by atoms with Crippen LogP contribution in [0.25, 0.3) is 5.69 Å². The normalized spacial score (nSPS) is 15.3. The molecule has 114 valence electrons. The Balaban J connectivity index is 1.95. The Labute approximate surface area is 127 Å². The molecule has 1 amide bonds. The van der Waals surface area contributed by atoms with Crippen LogP contribution >= 0.6 is 0 Å². The molecule has 0 aliphatic heterocycles. The summed E-state index contributed by atoms with van der Waals surface area (Å²) in [5, 5.41) is 15.9. The van der Waals surface area contributed by atoms with E-state index in [9.17, 15) is 9.59 Å². The number of nitrogens with one attached hydrogen (secondary N) is 1. The van der Waals surface area contributed by atoms with Crippen LogP contribution in [0.5, 0.6) is 0 Å². The minimum Gasteiger partial charge on any atom is -0.480 e. The summed E-state index contributed by atoms with van der Waals surface area (Å²) in [5.41, 5.74) is 2.03. The number of aliphatic carboxylic acids is 1. The number of nitrogens with zero attached hydrogens (tertiary/aromatic N) is 2. The molecule has 6 nitrogen and oxygen atoms in total. The van der Waals surface area contributed by atoms with Gasteiger partial charge < -0.3 is 10.4 Å². The summed E-state index contributed by atoms with van der Waals surface area (Å²) in [6, 6.07) is 10.2. The van der Waals surface area contributed by atoms with E-state index in [1.54, 1.807) is 10.7 Å². The van der Waals surface area contributed by atoms with Crippen molar-refractivity contribution in [2.24, 2.45) is 0 Å². The first-order valence-corrected chi connectivity index (χ1v) is 7.25. The molecule has 1 aromatic heterocycles. The molecule has 0 bridgehead atoms. The summed E-state index contributed by atoms with van der Waals surface area (Å²) < 4.78 is 1.58. The van der Waals surface area contributed by atoms with Crippen LogP contribution in [0.1, 0.15) is 41.9 Å². The summed E-state index contributed by atoms with van der Waals surface area (Å²) in [4.78, 5) is 23.3. The molecule has 6 heteroatoms. The summed E-state index contributed by atoms with van der Waals surface area (Å²) >= 11 is 0. The highest BCUT2D eigenvalue weighted by Gasteiger charge is 2.29. The second-order valence-corrected chi connectivity index (χ2v) is 5.51. The van der Waals surface area contributed by atoms with Gasteiger partial charge in [-0.1, -0.05) is 18.2 Å². The van der Waals surface area contributed by atoms with Crippen molar-refractivity contribution in [1.29, 1.82) is 0 Å². The van der Waals surface area contributed by atoms with E-state index in [-0.39, 0.29) is 0 Å². The molecule has 3 rings (SSSR count).